The number of piperazine rings is 1. The Morgan fingerprint density at radius 1 is 1.31 bits per heavy atom. The Morgan fingerprint density at radius 3 is 2.23 bits per heavy atom. The summed E-state index contributed by atoms with van der Waals surface area (Å²) in [6, 6.07) is 0. The molecule has 0 bridgehead atoms. The largest absolute Gasteiger partial charge is 0.343 e. The zero-order chi connectivity index (χ0) is 9.90. The monoisotopic (exact) mass is 202 g/mol. The molecule has 0 aromatic heterocycles. The summed E-state index contributed by atoms with van der Waals surface area (Å²) in [4.78, 5) is 14.6. The van der Waals surface area contributed by atoms with E-state index in [1.807, 2.05) is 4.90 Å². The lowest BCUT2D eigenvalue weighted by molar-refractivity contribution is -0.119. The van der Waals surface area contributed by atoms with Crippen LogP contribution in [-0.4, -0.2) is 53.7 Å². The molecule has 0 spiro atoms. The summed E-state index contributed by atoms with van der Waals surface area (Å²) in [7, 11) is 0. The lowest BCUT2D eigenvalue weighted by Gasteiger charge is -2.35. The highest BCUT2D eigenvalue weighted by atomic mass is 32.1. The van der Waals surface area contributed by atoms with Crippen molar-refractivity contribution in [2.24, 2.45) is 0 Å². The second-order valence-corrected chi connectivity index (χ2v) is 5.44. The van der Waals surface area contributed by atoms with Crippen molar-refractivity contribution < 1.29 is 4.79 Å². The number of amides is 1. The highest BCUT2D eigenvalue weighted by molar-refractivity contribution is 7.81. The molecule has 0 atom stereocenters. The minimum Gasteiger partial charge on any atom is -0.343 e. The van der Waals surface area contributed by atoms with E-state index in [2.05, 4.69) is 31.4 Å². The third-order valence-corrected chi connectivity index (χ3v) is 2.31. The SMILES string of the molecule is CC(C)(S)CN1CCN(C=O)CC1. The van der Waals surface area contributed by atoms with E-state index in [4.69, 9.17) is 0 Å². The molecule has 76 valence electrons. The Balaban J connectivity index is 2.29. The molecule has 13 heavy (non-hydrogen) atoms. The lowest BCUT2D eigenvalue weighted by Crippen LogP contribution is -2.48. The number of carbonyl (C=O) groups excluding carboxylic acids is 1. The van der Waals surface area contributed by atoms with Gasteiger partial charge in [0, 0.05) is 37.5 Å². The van der Waals surface area contributed by atoms with Crippen LogP contribution in [0.1, 0.15) is 13.8 Å². The van der Waals surface area contributed by atoms with Crippen LogP contribution < -0.4 is 0 Å². The highest BCUT2D eigenvalue weighted by Crippen LogP contribution is 2.14. The second-order valence-electron chi connectivity index (χ2n) is 4.23. The van der Waals surface area contributed by atoms with Gasteiger partial charge in [-0.25, -0.2) is 0 Å². The molecule has 0 aromatic rings. The topological polar surface area (TPSA) is 23.6 Å². The van der Waals surface area contributed by atoms with Crippen LogP contribution >= 0.6 is 12.6 Å². The van der Waals surface area contributed by atoms with Gasteiger partial charge in [-0.05, 0) is 13.8 Å². The minimum atomic E-state index is 0.0589. The van der Waals surface area contributed by atoms with Crippen molar-refractivity contribution in [3.63, 3.8) is 0 Å². The van der Waals surface area contributed by atoms with Crippen molar-refractivity contribution in [3.8, 4) is 0 Å². The quantitative estimate of drug-likeness (QED) is 0.531. The van der Waals surface area contributed by atoms with Gasteiger partial charge in [0.25, 0.3) is 0 Å². The van der Waals surface area contributed by atoms with Gasteiger partial charge in [0.1, 0.15) is 0 Å². The average Bonchev–Trinajstić information content (AvgIpc) is 2.03. The van der Waals surface area contributed by atoms with Crippen molar-refractivity contribution in [1.29, 1.82) is 0 Å². The van der Waals surface area contributed by atoms with Crippen molar-refractivity contribution in [2.45, 2.75) is 18.6 Å². The Morgan fingerprint density at radius 2 is 1.85 bits per heavy atom. The fraction of sp³-hybridized carbons (Fsp3) is 0.889. The van der Waals surface area contributed by atoms with E-state index in [9.17, 15) is 4.79 Å². The smallest absolute Gasteiger partial charge is 0.209 e. The zero-order valence-corrected chi connectivity index (χ0v) is 9.26. The summed E-state index contributed by atoms with van der Waals surface area (Å²) < 4.78 is 0.0589. The van der Waals surface area contributed by atoms with Crippen molar-refractivity contribution >= 4 is 19.0 Å². The van der Waals surface area contributed by atoms with Crippen LogP contribution in [-0.2, 0) is 4.79 Å². The predicted molar refractivity (Wildman–Crippen MR) is 57.1 cm³/mol. The Hall–Kier alpha value is -0.220. The number of thiol groups is 1. The van der Waals surface area contributed by atoms with Gasteiger partial charge in [0.05, 0.1) is 0 Å². The molecule has 3 nitrogen and oxygen atoms in total. The number of rotatable bonds is 3. The normalized spacial score (nSPS) is 20.4. The first kappa shape index (κ1) is 10.9. The van der Waals surface area contributed by atoms with E-state index >= 15 is 0 Å². The molecule has 1 heterocycles. The summed E-state index contributed by atoms with van der Waals surface area (Å²) in [5, 5.41) is 0. The standard InChI is InChI=1S/C9H18N2OS/c1-9(2,13)7-10-3-5-11(8-12)6-4-10/h8,13H,3-7H2,1-2H3. The third kappa shape index (κ3) is 4.00. The van der Waals surface area contributed by atoms with E-state index in [1.54, 1.807) is 0 Å². The molecule has 1 aliphatic rings. The summed E-state index contributed by atoms with van der Waals surface area (Å²) >= 11 is 4.49. The molecule has 0 saturated carbocycles. The van der Waals surface area contributed by atoms with E-state index in [0.717, 1.165) is 39.1 Å². The number of nitrogens with zero attached hydrogens (tertiary/aromatic N) is 2. The van der Waals surface area contributed by atoms with E-state index in [1.165, 1.54) is 0 Å². The summed E-state index contributed by atoms with van der Waals surface area (Å²) in [6.45, 7) is 8.87. The van der Waals surface area contributed by atoms with Crippen molar-refractivity contribution in [2.75, 3.05) is 32.7 Å². The minimum absolute atomic E-state index is 0.0589. The molecule has 0 unspecified atom stereocenters. The summed E-state index contributed by atoms with van der Waals surface area (Å²) in [6.07, 6.45) is 0.934. The van der Waals surface area contributed by atoms with Crippen LogP contribution in [0.5, 0.6) is 0 Å². The zero-order valence-electron chi connectivity index (χ0n) is 8.36. The first-order valence-electron chi connectivity index (χ1n) is 4.65. The molecule has 0 aromatic carbocycles. The maximum atomic E-state index is 10.4. The van der Waals surface area contributed by atoms with Crippen molar-refractivity contribution in [3.05, 3.63) is 0 Å². The summed E-state index contributed by atoms with van der Waals surface area (Å²) in [5.41, 5.74) is 0. The van der Waals surface area contributed by atoms with Crippen LogP contribution in [0.25, 0.3) is 0 Å². The fourth-order valence-corrected chi connectivity index (χ4v) is 1.77. The summed E-state index contributed by atoms with van der Waals surface area (Å²) in [5.74, 6) is 0. The van der Waals surface area contributed by atoms with Gasteiger partial charge in [-0.2, -0.15) is 12.6 Å². The van der Waals surface area contributed by atoms with Gasteiger partial charge in [-0.3, -0.25) is 9.69 Å². The Labute approximate surface area is 85.5 Å². The fourth-order valence-electron chi connectivity index (χ4n) is 1.57. The van der Waals surface area contributed by atoms with Crippen LogP contribution in [0, 0.1) is 0 Å². The number of hydrogen-bond acceptors (Lipinski definition) is 3. The predicted octanol–water partition coefficient (Wildman–Crippen LogP) is 0.469. The van der Waals surface area contributed by atoms with Crippen LogP contribution in [0.15, 0.2) is 0 Å². The van der Waals surface area contributed by atoms with E-state index < -0.39 is 0 Å². The van der Waals surface area contributed by atoms with Gasteiger partial charge in [0.15, 0.2) is 0 Å². The number of carbonyl (C=O) groups is 1. The molecule has 1 rings (SSSR count). The molecule has 1 aliphatic heterocycles. The maximum Gasteiger partial charge on any atom is 0.209 e. The lowest BCUT2D eigenvalue weighted by atomic mass is 10.2. The average molecular weight is 202 g/mol. The molecule has 4 heteroatoms. The Kier molecular flexibility index (Phi) is 3.62. The Bertz CT molecular complexity index is 171. The van der Waals surface area contributed by atoms with Crippen LogP contribution in [0.4, 0.5) is 0 Å². The second kappa shape index (κ2) is 4.33. The molecule has 0 N–H and O–H groups in total. The molecule has 1 fully saturated rings. The van der Waals surface area contributed by atoms with Gasteiger partial charge >= 0.3 is 0 Å². The van der Waals surface area contributed by atoms with Gasteiger partial charge in [-0.1, -0.05) is 0 Å². The van der Waals surface area contributed by atoms with Gasteiger partial charge in [0.2, 0.25) is 6.41 Å². The van der Waals surface area contributed by atoms with Gasteiger partial charge < -0.3 is 4.90 Å². The first-order valence-corrected chi connectivity index (χ1v) is 5.10. The van der Waals surface area contributed by atoms with Crippen LogP contribution in [0.2, 0.25) is 0 Å². The van der Waals surface area contributed by atoms with Gasteiger partial charge in [-0.15, -0.1) is 0 Å². The molecular weight excluding hydrogens is 184 g/mol. The highest BCUT2D eigenvalue weighted by Gasteiger charge is 2.20. The molecule has 0 aliphatic carbocycles. The molecule has 1 amide bonds. The number of hydrogen-bond donors (Lipinski definition) is 1. The maximum absolute atomic E-state index is 10.4. The first-order chi connectivity index (χ1) is 6.01. The van der Waals surface area contributed by atoms with Crippen LogP contribution in [0.3, 0.4) is 0 Å². The van der Waals surface area contributed by atoms with E-state index in [-0.39, 0.29) is 4.75 Å². The molecular formula is C9H18N2OS. The van der Waals surface area contributed by atoms with Crippen molar-refractivity contribution in [1.82, 2.24) is 9.80 Å². The molecule has 1 saturated heterocycles. The molecule has 0 radical (unpaired) electrons. The third-order valence-electron chi connectivity index (χ3n) is 2.17. The van der Waals surface area contributed by atoms with E-state index in [0.29, 0.717) is 0 Å².